The minimum atomic E-state index is -0.406. The van der Waals surface area contributed by atoms with Gasteiger partial charge in [-0.1, -0.05) is 11.3 Å². The fourth-order valence-electron chi connectivity index (χ4n) is 2.78. The van der Waals surface area contributed by atoms with Crippen LogP contribution in [-0.2, 0) is 12.8 Å². The molecule has 1 aliphatic rings. The van der Waals surface area contributed by atoms with E-state index in [0.29, 0.717) is 15.7 Å². The number of nitrogens with two attached hydrogens (primary N) is 1. The number of aryl methyl sites for hydroxylation is 2. The summed E-state index contributed by atoms with van der Waals surface area (Å²) in [6.07, 6.45) is 6.99. The predicted molar refractivity (Wildman–Crippen MR) is 90.4 cm³/mol. The molecular formula is C16H13N3O2S2. The molecule has 2 N–H and O–H groups in total. The van der Waals surface area contributed by atoms with Crippen molar-refractivity contribution in [3.8, 4) is 21.3 Å². The van der Waals surface area contributed by atoms with Gasteiger partial charge in [0.1, 0.15) is 5.75 Å². The molecule has 116 valence electrons. The van der Waals surface area contributed by atoms with Gasteiger partial charge in [0.2, 0.25) is 0 Å². The number of primary amides is 1. The van der Waals surface area contributed by atoms with Gasteiger partial charge in [-0.3, -0.25) is 9.78 Å². The molecule has 0 fully saturated rings. The molecular weight excluding hydrogens is 330 g/mol. The van der Waals surface area contributed by atoms with E-state index in [1.807, 2.05) is 19.2 Å². The van der Waals surface area contributed by atoms with E-state index in [2.05, 4.69) is 9.36 Å². The van der Waals surface area contributed by atoms with Crippen LogP contribution in [0.3, 0.4) is 0 Å². The third kappa shape index (κ3) is 2.42. The Labute approximate surface area is 140 Å². The minimum Gasteiger partial charge on any atom is -0.444 e. The highest BCUT2D eigenvalue weighted by Crippen LogP contribution is 2.49. The van der Waals surface area contributed by atoms with Crippen LogP contribution < -0.4 is 10.5 Å². The fourth-order valence-corrected chi connectivity index (χ4v) is 4.78. The Morgan fingerprint density at radius 1 is 1.30 bits per heavy atom. The predicted octanol–water partition coefficient (Wildman–Crippen LogP) is 3.56. The minimum absolute atomic E-state index is 0.406. The first kappa shape index (κ1) is 14.3. The van der Waals surface area contributed by atoms with Gasteiger partial charge in [-0.15, -0.1) is 0 Å². The Kier molecular flexibility index (Phi) is 3.39. The van der Waals surface area contributed by atoms with Gasteiger partial charge in [0.05, 0.1) is 21.5 Å². The van der Waals surface area contributed by atoms with Gasteiger partial charge in [-0.05, 0) is 54.1 Å². The van der Waals surface area contributed by atoms with Crippen LogP contribution in [0.25, 0.3) is 10.4 Å². The molecule has 0 bridgehead atoms. The molecule has 4 rings (SSSR count). The van der Waals surface area contributed by atoms with Crippen LogP contribution in [0.4, 0.5) is 0 Å². The third-order valence-corrected chi connectivity index (χ3v) is 5.76. The SMILES string of the molecule is Cc1cncc(Oc2sc(C(N)=O)c3c2-c2sncc2CC3)c1. The molecule has 0 atom stereocenters. The quantitative estimate of drug-likeness (QED) is 0.788. The summed E-state index contributed by atoms with van der Waals surface area (Å²) >= 11 is 2.74. The maximum atomic E-state index is 11.8. The van der Waals surface area contributed by atoms with E-state index in [9.17, 15) is 4.79 Å². The van der Waals surface area contributed by atoms with Crippen molar-refractivity contribution >= 4 is 28.8 Å². The second-order valence-corrected chi connectivity index (χ2v) is 7.20. The number of rotatable bonds is 3. The molecule has 3 aromatic rings. The number of thiophene rings is 1. The Bertz CT molecular complexity index is 914. The van der Waals surface area contributed by atoms with Gasteiger partial charge >= 0.3 is 0 Å². The van der Waals surface area contributed by atoms with Crippen LogP contribution >= 0.6 is 22.9 Å². The number of hydrogen-bond acceptors (Lipinski definition) is 6. The molecule has 3 heterocycles. The van der Waals surface area contributed by atoms with E-state index in [1.165, 1.54) is 28.4 Å². The average Bonchev–Trinajstić information content (AvgIpc) is 3.11. The van der Waals surface area contributed by atoms with E-state index in [-0.39, 0.29) is 0 Å². The van der Waals surface area contributed by atoms with Crippen molar-refractivity contribution in [2.24, 2.45) is 5.73 Å². The number of aromatic nitrogens is 2. The molecule has 0 aliphatic heterocycles. The highest BCUT2D eigenvalue weighted by molar-refractivity contribution is 7.17. The van der Waals surface area contributed by atoms with Gasteiger partial charge < -0.3 is 10.5 Å². The molecule has 0 radical (unpaired) electrons. The second kappa shape index (κ2) is 5.43. The number of hydrogen-bond donors (Lipinski definition) is 1. The van der Waals surface area contributed by atoms with Crippen molar-refractivity contribution in [3.63, 3.8) is 0 Å². The summed E-state index contributed by atoms with van der Waals surface area (Å²) in [5.41, 5.74) is 9.72. The molecule has 23 heavy (non-hydrogen) atoms. The maximum Gasteiger partial charge on any atom is 0.259 e. The Balaban J connectivity index is 1.86. The van der Waals surface area contributed by atoms with Crippen molar-refractivity contribution in [3.05, 3.63) is 46.2 Å². The smallest absolute Gasteiger partial charge is 0.259 e. The second-order valence-electron chi connectivity index (χ2n) is 5.42. The average molecular weight is 343 g/mol. The summed E-state index contributed by atoms with van der Waals surface area (Å²) in [7, 11) is 0. The van der Waals surface area contributed by atoms with Crippen LogP contribution in [0.15, 0.2) is 24.7 Å². The van der Waals surface area contributed by atoms with Crippen molar-refractivity contribution in [1.29, 1.82) is 0 Å². The van der Waals surface area contributed by atoms with Crippen LogP contribution in [-0.4, -0.2) is 15.3 Å². The third-order valence-electron chi connectivity index (χ3n) is 3.77. The van der Waals surface area contributed by atoms with Gasteiger partial charge in [0, 0.05) is 12.4 Å². The number of ether oxygens (including phenoxy) is 1. The van der Waals surface area contributed by atoms with E-state index in [4.69, 9.17) is 10.5 Å². The maximum absolute atomic E-state index is 11.8. The van der Waals surface area contributed by atoms with Crippen molar-refractivity contribution in [1.82, 2.24) is 9.36 Å². The molecule has 1 aliphatic carbocycles. The lowest BCUT2D eigenvalue weighted by atomic mass is 9.93. The van der Waals surface area contributed by atoms with E-state index in [0.717, 1.165) is 34.4 Å². The molecule has 1 amide bonds. The molecule has 0 aromatic carbocycles. The van der Waals surface area contributed by atoms with Crippen LogP contribution in [0.5, 0.6) is 10.8 Å². The number of carbonyl (C=O) groups excluding carboxylic acids is 1. The van der Waals surface area contributed by atoms with Crippen molar-refractivity contribution in [2.75, 3.05) is 0 Å². The standard InChI is InChI=1S/C16H13N3O2S2/c1-8-4-10(7-18-5-8)21-16-12-11(14(22-16)15(17)20)3-2-9-6-19-23-13(9)12/h4-7H,2-3H2,1H3,(H2,17,20). The zero-order valence-electron chi connectivity index (χ0n) is 12.3. The Hall–Kier alpha value is -2.25. The lowest BCUT2D eigenvalue weighted by molar-refractivity contribution is 0.100. The zero-order chi connectivity index (χ0) is 16.0. The molecule has 0 saturated carbocycles. The molecule has 0 spiro atoms. The monoisotopic (exact) mass is 343 g/mol. The molecule has 5 nitrogen and oxygen atoms in total. The lowest BCUT2D eigenvalue weighted by Crippen LogP contribution is -2.12. The highest BCUT2D eigenvalue weighted by atomic mass is 32.1. The number of nitrogens with zero attached hydrogens (tertiary/aromatic N) is 2. The summed E-state index contributed by atoms with van der Waals surface area (Å²) in [6, 6.07) is 1.92. The van der Waals surface area contributed by atoms with Crippen LogP contribution in [0.2, 0.25) is 0 Å². The summed E-state index contributed by atoms with van der Waals surface area (Å²) in [4.78, 5) is 17.6. The fraction of sp³-hybridized carbons (Fsp3) is 0.188. The number of carbonyl (C=O) groups is 1. The van der Waals surface area contributed by atoms with Crippen LogP contribution in [0, 0.1) is 6.92 Å². The topological polar surface area (TPSA) is 78.1 Å². The summed E-state index contributed by atoms with van der Waals surface area (Å²) in [5, 5.41) is 0.686. The molecule has 7 heteroatoms. The molecule has 3 aromatic heterocycles. The van der Waals surface area contributed by atoms with Gasteiger partial charge in [0.25, 0.3) is 5.91 Å². The number of pyridine rings is 1. The number of amides is 1. The van der Waals surface area contributed by atoms with Crippen molar-refractivity contribution in [2.45, 2.75) is 19.8 Å². The highest BCUT2D eigenvalue weighted by Gasteiger charge is 2.29. The number of fused-ring (bicyclic) bond motifs is 3. The molecule has 0 saturated heterocycles. The Morgan fingerprint density at radius 2 is 2.17 bits per heavy atom. The summed E-state index contributed by atoms with van der Waals surface area (Å²) in [5.74, 6) is 0.248. The zero-order valence-corrected chi connectivity index (χ0v) is 14.0. The van der Waals surface area contributed by atoms with Crippen LogP contribution in [0.1, 0.15) is 26.4 Å². The first-order chi connectivity index (χ1) is 11.1. The first-order valence-corrected chi connectivity index (χ1v) is 8.71. The van der Waals surface area contributed by atoms with E-state index >= 15 is 0 Å². The van der Waals surface area contributed by atoms with Gasteiger partial charge in [0.15, 0.2) is 5.06 Å². The largest absolute Gasteiger partial charge is 0.444 e. The summed E-state index contributed by atoms with van der Waals surface area (Å²) < 4.78 is 10.3. The molecule has 0 unspecified atom stereocenters. The van der Waals surface area contributed by atoms with E-state index < -0.39 is 5.91 Å². The Morgan fingerprint density at radius 3 is 2.96 bits per heavy atom. The van der Waals surface area contributed by atoms with Gasteiger partial charge in [-0.25, -0.2) is 4.37 Å². The van der Waals surface area contributed by atoms with Crippen molar-refractivity contribution < 1.29 is 9.53 Å². The lowest BCUT2D eigenvalue weighted by Gasteiger charge is -2.14. The first-order valence-electron chi connectivity index (χ1n) is 7.12. The summed E-state index contributed by atoms with van der Waals surface area (Å²) in [6.45, 7) is 1.96. The van der Waals surface area contributed by atoms with E-state index in [1.54, 1.807) is 12.4 Å². The van der Waals surface area contributed by atoms with Gasteiger partial charge in [-0.2, -0.15) is 0 Å². The normalized spacial score (nSPS) is 12.6.